The first-order chi connectivity index (χ1) is 35.0. The van der Waals surface area contributed by atoms with Crippen LogP contribution in [-0.4, -0.2) is 220 Å². The van der Waals surface area contributed by atoms with E-state index in [1.807, 2.05) is 0 Å². The number of rotatable bonds is 3. The van der Waals surface area contributed by atoms with E-state index in [1.165, 1.54) is 0 Å². The number of hydrogen-bond donors (Lipinski definition) is 0. The van der Waals surface area contributed by atoms with E-state index < -0.39 is 0 Å². The zero-order chi connectivity index (χ0) is 55.3. The maximum Gasteiger partial charge on any atom is 0.141 e. The maximum absolute atomic E-state index is 7.47. The summed E-state index contributed by atoms with van der Waals surface area (Å²) in [6, 6.07) is 0. The Morgan fingerprint density at radius 3 is 0.707 bits per heavy atom. The summed E-state index contributed by atoms with van der Waals surface area (Å²) in [5.74, 6) is 0. The van der Waals surface area contributed by atoms with Crippen LogP contribution < -0.4 is 153 Å². The van der Waals surface area contributed by atoms with Crippen LogP contribution in [0.25, 0.3) is 98.4 Å². The third-order valence-electron chi connectivity index (χ3n) is 14.7. The molecule has 0 N–H and O–H groups in total. The van der Waals surface area contributed by atoms with Crippen molar-refractivity contribution < 1.29 is 4.42 Å². The molecule has 0 saturated heterocycles. The normalized spacial score (nSPS) is 11.9. The summed E-state index contributed by atoms with van der Waals surface area (Å²) in [6.07, 6.45) is 0. The fourth-order valence-corrected chi connectivity index (χ4v) is 10.7. The second-order valence-corrected chi connectivity index (χ2v) is 18.3. The van der Waals surface area contributed by atoms with Crippen LogP contribution in [0.2, 0.25) is 0 Å². The Labute approximate surface area is 472 Å². The zero-order valence-electron chi connectivity index (χ0n) is 39.6. The summed E-state index contributed by atoms with van der Waals surface area (Å²) >= 11 is 0. The van der Waals surface area contributed by atoms with Crippen LogP contribution >= 0.6 is 0 Å². The van der Waals surface area contributed by atoms with Crippen molar-refractivity contribution >= 4 is 438 Å². The van der Waals surface area contributed by atoms with E-state index in [0.717, 1.165) is 0 Å². The first-order valence-corrected chi connectivity index (χ1v) is 22.0. The van der Waals surface area contributed by atoms with Crippen LogP contribution in [0.15, 0.2) is 4.42 Å². The van der Waals surface area contributed by atoms with Crippen LogP contribution in [0.4, 0.5) is 0 Å². The molecule has 0 aliphatic carbocycles. The minimum atomic E-state index is -0.258. The number of benzene rings is 9. The Morgan fingerprint density at radius 2 is 0.320 bits per heavy atom. The molecule has 75 heavy (non-hydrogen) atoms. The van der Waals surface area contributed by atoms with Gasteiger partial charge in [0, 0.05) is 16.2 Å². The molecule has 29 heteroatoms. The summed E-state index contributed by atoms with van der Waals surface area (Å²) in [5.41, 5.74) is -5.21. The molecule has 56 radical (unpaired) electrons. The molecule has 0 amide bonds. The highest BCUT2D eigenvalue weighted by molar-refractivity contribution is 6.78. The number of fused-ring (bicyclic) bond motifs is 8. The van der Waals surface area contributed by atoms with Crippen LogP contribution in [0, 0.1) is 0 Å². The van der Waals surface area contributed by atoms with Crippen molar-refractivity contribution in [1.82, 2.24) is 0 Å². The first-order valence-electron chi connectivity index (χ1n) is 22.0. The fraction of sp³-hybridized carbons (Fsp3) is 0. The summed E-state index contributed by atoms with van der Waals surface area (Å²) < 4.78 is 6.48. The van der Waals surface area contributed by atoms with Gasteiger partial charge in [-0.05, 0) is 71.1 Å². The van der Waals surface area contributed by atoms with E-state index >= 15 is 0 Å². The lowest BCUT2D eigenvalue weighted by atomic mass is 9.55. The van der Waals surface area contributed by atoms with Crippen molar-refractivity contribution in [1.29, 1.82) is 0 Å². The summed E-state index contributed by atoms with van der Waals surface area (Å²) in [7, 11) is 191. The fourth-order valence-electron chi connectivity index (χ4n) is 10.7. The van der Waals surface area contributed by atoms with E-state index in [1.54, 1.807) is 0 Å². The van der Waals surface area contributed by atoms with Gasteiger partial charge in [-0.1, -0.05) is 92.9 Å². The van der Waals surface area contributed by atoms with Gasteiger partial charge >= 0.3 is 0 Å². The molecular weight excluding hydrogens is 871 g/mol. The minimum Gasteiger partial charge on any atom is -0.456 e. The van der Waals surface area contributed by atoms with E-state index in [-0.39, 0.29) is 251 Å². The van der Waals surface area contributed by atoms with Crippen molar-refractivity contribution in [3.63, 3.8) is 0 Å². The maximum atomic E-state index is 7.47. The van der Waals surface area contributed by atoms with Crippen molar-refractivity contribution in [3.8, 4) is 33.4 Å². The summed E-state index contributed by atoms with van der Waals surface area (Å²) in [6.45, 7) is 0. The average Bonchev–Trinajstić information content (AvgIpc) is 3.79. The molecule has 0 spiro atoms. The van der Waals surface area contributed by atoms with Gasteiger partial charge in [-0.15, -0.1) is 60.1 Å². The topological polar surface area (TPSA) is 13.1 Å². The van der Waals surface area contributed by atoms with Crippen molar-refractivity contribution in [2.75, 3.05) is 0 Å². The number of furan rings is 1. The van der Waals surface area contributed by atoms with Gasteiger partial charge in [0.15, 0.2) is 0 Å². The minimum absolute atomic E-state index is 0.00965. The van der Waals surface area contributed by atoms with Gasteiger partial charge in [0.05, 0.1) is 0 Å². The molecule has 0 aliphatic heterocycles. The van der Waals surface area contributed by atoms with E-state index in [2.05, 4.69) is 0 Å². The van der Waals surface area contributed by atoms with Crippen LogP contribution in [0.3, 0.4) is 0 Å². The van der Waals surface area contributed by atoms with Gasteiger partial charge in [0.25, 0.3) is 0 Å². The van der Waals surface area contributed by atoms with Gasteiger partial charge in [-0.2, -0.15) is 0 Å². The molecule has 9 aromatic carbocycles. The van der Waals surface area contributed by atoms with Gasteiger partial charge in [0.1, 0.15) is 231 Å². The van der Waals surface area contributed by atoms with E-state index in [9.17, 15) is 0 Å². The third kappa shape index (κ3) is 6.85. The molecule has 274 valence electrons. The lowest BCUT2D eigenvalue weighted by molar-refractivity contribution is 0.676. The molecule has 10 aromatic rings. The highest BCUT2D eigenvalue weighted by atomic mass is 16.3. The second kappa shape index (κ2) is 18.1. The Morgan fingerprint density at radius 1 is 0.120 bits per heavy atom. The molecule has 0 saturated carbocycles. The number of hydrogen-bond acceptors (Lipinski definition) is 1. The largest absolute Gasteiger partial charge is 0.456 e. The van der Waals surface area contributed by atoms with Gasteiger partial charge < -0.3 is 4.42 Å². The molecule has 0 aliphatic rings. The Bertz CT molecular complexity index is 4330. The predicted molar refractivity (Wildman–Crippen MR) is 351 cm³/mol. The van der Waals surface area contributed by atoms with Crippen molar-refractivity contribution in [2.45, 2.75) is 0 Å². The third-order valence-corrected chi connectivity index (χ3v) is 14.7. The standard InChI is InChI=1S/C46B28O/c47-17-7(12-27(57)40(70)43(73)41(71)28(12)58)8-11(26(56)38(68)37(67)24(8)54)18(48)9(17)1-3-5(22(52)35(65)33(63)20(3)50)2(6-4(1)21(51)34(64)36(66)23(6)53)10-19(49)15-16-31(61)25(55)13-14(32(62)42(72)39(69)29(13)59)45(16)75-46(15)44(74)30(10)60. The molecule has 10 rings (SSSR count). The Kier molecular flexibility index (Phi) is 13.0. The summed E-state index contributed by atoms with van der Waals surface area (Å²) in [5, 5.41) is 0.216. The second-order valence-electron chi connectivity index (χ2n) is 18.3. The van der Waals surface area contributed by atoms with Gasteiger partial charge in [0.2, 0.25) is 0 Å². The molecular formula is C46B28O. The Hall–Kier alpha value is -4.36. The smallest absolute Gasteiger partial charge is 0.141 e. The molecule has 0 unspecified atom stereocenters. The van der Waals surface area contributed by atoms with Crippen LogP contribution in [-0.2, 0) is 0 Å². The van der Waals surface area contributed by atoms with Crippen LogP contribution in [0.1, 0.15) is 0 Å². The molecule has 1 heterocycles. The van der Waals surface area contributed by atoms with Gasteiger partial charge in [-0.3, -0.25) is 0 Å². The van der Waals surface area contributed by atoms with Crippen LogP contribution in [0.5, 0.6) is 0 Å². The van der Waals surface area contributed by atoms with E-state index in [4.69, 9.17) is 224 Å². The molecule has 0 atom stereocenters. The van der Waals surface area contributed by atoms with Gasteiger partial charge in [-0.25, -0.2) is 0 Å². The van der Waals surface area contributed by atoms with Crippen molar-refractivity contribution in [2.24, 2.45) is 0 Å². The predicted octanol–water partition coefficient (Wildman–Crippen LogP) is -20.6. The lowest BCUT2D eigenvalue weighted by Crippen LogP contribution is -2.56. The summed E-state index contributed by atoms with van der Waals surface area (Å²) in [4.78, 5) is 0. The SMILES string of the molecule is [B]c1c([B])c([B])c(-c2c([B])c(-c3c4c([B])c([B])c([B])c([B])c4c(-c4c([B])c([B])c5oc6c7c([B])c([B])c([B])c([B])c7c([B])c([B])c6c5c4[B])c4c([B])c([B])c([B])c([B])c34)c([B])c3c([B])c([B])c([B])c([B])c23)c([B])c1[B]. The molecule has 0 bridgehead atoms. The highest BCUT2D eigenvalue weighted by Gasteiger charge is 2.32. The monoisotopic (exact) mass is 876 g/mol. The molecule has 1 aromatic heterocycles. The molecule has 1 nitrogen and oxygen atoms in total. The van der Waals surface area contributed by atoms with Crippen molar-refractivity contribution in [3.05, 3.63) is 0 Å². The highest BCUT2D eigenvalue weighted by Crippen LogP contribution is 2.41. The quantitative estimate of drug-likeness (QED) is 0.127. The zero-order valence-corrected chi connectivity index (χ0v) is 39.6. The van der Waals surface area contributed by atoms with E-state index in [0.29, 0.717) is 0 Å². The Balaban J connectivity index is 1.54. The average molecular weight is 871 g/mol. The molecule has 0 fully saturated rings. The first kappa shape index (κ1) is 54.0. The lowest BCUT2D eigenvalue weighted by Gasteiger charge is -2.33.